The highest BCUT2D eigenvalue weighted by molar-refractivity contribution is 7.89. The number of hydrogen-bond donors (Lipinski definition) is 1. The van der Waals surface area contributed by atoms with Gasteiger partial charge in [-0.1, -0.05) is 77.3 Å². The van der Waals surface area contributed by atoms with Gasteiger partial charge < -0.3 is 4.74 Å². The van der Waals surface area contributed by atoms with Crippen LogP contribution in [-0.2, 0) is 10.0 Å². The monoisotopic (exact) mass is 507 g/mol. The van der Waals surface area contributed by atoms with Gasteiger partial charge in [0, 0.05) is 11.1 Å². The highest BCUT2D eigenvalue weighted by Crippen LogP contribution is 2.39. The van der Waals surface area contributed by atoms with Crippen LogP contribution >= 0.6 is 34.8 Å². The van der Waals surface area contributed by atoms with Crippen LogP contribution in [0.25, 0.3) is 0 Å². The lowest BCUT2D eigenvalue weighted by Gasteiger charge is -2.22. The van der Waals surface area contributed by atoms with Crippen molar-refractivity contribution in [3.63, 3.8) is 0 Å². The van der Waals surface area contributed by atoms with Crippen molar-refractivity contribution in [2.24, 2.45) is 0 Å². The van der Waals surface area contributed by atoms with Gasteiger partial charge in [-0.05, 0) is 24.3 Å². The summed E-state index contributed by atoms with van der Waals surface area (Å²) in [6.45, 7) is 0. The zero-order valence-corrected chi connectivity index (χ0v) is 19.0. The maximum Gasteiger partial charge on any atom is 0.262 e. The van der Waals surface area contributed by atoms with E-state index in [9.17, 15) is 18.0 Å². The topological polar surface area (TPSA) is 89.5 Å². The Morgan fingerprint density at radius 3 is 1.97 bits per heavy atom. The first kappa shape index (κ1) is 22.4. The van der Waals surface area contributed by atoms with Gasteiger partial charge in [0.2, 0.25) is 17.3 Å². The summed E-state index contributed by atoms with van der Waals surface area (Å²) in [7, 11) is -4.21. The van der Waals surface area contributed by atoms with Crippen LogP contribution in [0.5, 0.6) is 5.75 Å². The molecule has 0 amide bonds. The molecule has 0 atom stereocenters. The molecule has 32 heavy (non-hydrogen) atoms. The molecule has 4 rings (SSSR count). The Kier molecular flexibility index (Phi) is 6.01. The number of ether oxygens (including phenoxy) is 1. The standard InChI is InChI=1S/C22H12Cl3NO5S/c23-15-10-11-16(18(25)17(15)24)31-22-19(26-32(29,30)12-6-2-1-3-7-12)20(27)13-8-4-5-9-14(13)21(22)28/h1-11,26H. The number of rotatable bonds is 5. The molecular weight excluding hydrogens is 497 g/mol. The molecule has 3 aromatic rings. The number of nitrogens with one attached hydrogen (secondary N) is 1. The molecule has 1 aliphatic rings. The minimum atomic E-state index is -4.21. The molecule has 0 aromatic heterocycles. The summed E-state index contributed by atoms with van der Waals surface area (Å²) in [4.78, 5) is 26.3. The number of carbonyl (C=O) groups excluding carboxylic acids is 2. The number of fused-ring (bicyclic) bond motifs is 1. The van der Waals surface area contributed by atoms with E-state index in [0.717, 1.165) is 0 Å². The van der Waals surface area contributed by atoms with Crippen molar-refractivity contribution in [1.82, 2.24) is 4.72 Å². The molecule has 6 nitrogen and oxygen atoms in total. The van der Waals surface area contributed by atoms with E-state index >= 15 is 0 Å². The lowest BCUT2D eigenvalue weighted by molar-refractivity contribution is 0.0933. The fourth-order valence-electron chi connectivity index (χ4n) is 3.03. The minimum absolute atomic E-state index is 0.0205. The smallest absolute Gasteiger partial charge is 0.262 e. The molecule has 0 saturated heterocycles. The summed E-state index contributed by atoms with van der Waals surface area (Å²) in [6, 6.07) is 16.1. The fourth-order valence-corrected chi connectivity index (χ4v) is 4.69. The largest absolute Gasteiger partial charge is 0.449 e. The first-order chi connectivity index (χ1) is 15.2. The Balaban J connectivity index is 1.87. The van der Waals surface area contributed by atoms with Crippen LogP contribution in [0, 0.1) is 0 Å². The van der Waals surface area contributed by atoms with Crippen molar-refractivity contribution in [1.29, 1.82) is 0 Å². The maximum atomic E-state index is 13.2. The Morgan fingerprint density at radius 2 is 1.31 bits per heavy atom. The second-order valence-corrected chi connectivity index (χ2v) is 9.45. The average molecular weight is 509 g/mol. The number of halogens is 3. The lowest BCUT2D eigenvalue weighted by Crippen LogP contribution is -2.35. The van der Waals surface area contributed by atoms with E-state index < -0.39 is 33.0 Å². The molecule has 0 saturated carbocycles. The maximum absolute atomic E-state index is 13.2. The zero-order valence-electron chi connectivity index (χ0n) is 15.9. The third-order valence-electron chi connectivity index (χ3n) is 4.58. The molecule has 0 bridgehead atoms. The predicted octanol–water partition coefficient (Wildman–Crippen LogP) is 5.29. The van der Waals surface area contributed by atoms with Crippen LogP contribution in [0.4, 0.5) is 0 Å². The lowest BCUT2D eigenvalue weighted by atomic mass is 9.91. The molecule has 162 valence electrons. The fraction of sp³-hybridized carbons (Fsp3) is 0. The summed E-state index contributed by atoms with van der Waals surface area (Å²) in [5.41, 5.74) is -0.443. The molecule has 0 unspecified atom stereocenters. The van der Waals surface area contributed by atoms with Crippen molar-refractivity contribution in [3.05, 3.63) is 104 Å². The predicted molar refractivity (Wildman–Crippen MR) is 121 cm³/mol. The van der Waals surface area contributed by atoms with Gasteiger partial charge in [-0.2, -0.15) is 0 Å². The molecule has 1 aliphatic carbocycles. The average Bonchev–Trinajstić information content (AvgIpc) is 2.80. The van der Waals surface area contributed by atoms with Gasteiger partial charge in [0.1, 0.15) is 16.5 Å². The van der Waals surface area contributed by atoms with Gasteiger partial charge in [-0.3, -0.25) is 14.3 Å². The second-order valence-electron chi connectivity index (χ2n) is 6.60. The molecule has 1 N–H and O–H groups in total. The summed E-state index contributed by atoms with van der Waals surface area (Å²) in [6.07, 6.45) is 0. The van der Waals surface area contributed by atoms with Gasteiger partial charge in [0.15, 0.2) is 0 Å². The van der Waals surface area contributed by atoms with Crippen LogP contribution in [0.2, 0.25) is 15.1 Å². The first-order valence-electron chi connectivity index (χ1n) is 9.02. The van der Waals surface area contributed by atoms with Crippen LogP contribution < -0.4 is 9.46 Å². The van der Waals surface area contributed by atoms with Crippen LogP contribution in [0.3, 0.4) is 0 Å². The van der Waals surface area contributed by atoms with E-state index in [-0.39, 0.29) is 36.8 Å². The molecular formula is C22H12Cl3NO5S. The summed E-state index contributed by atoms with van der Waals surface area (Å²) in [5, 5.41) is 0.0308. The Hall–Kier alpha value is -2.84. The number of sulfonamides is 1. The summed E-state index contributed by atoms with van der Waals surface area (Å²) >= 11 is 18.2. The number of carbonyl (C=O) groups is 2. The Morgan fingerprint density at radius 1 is 0.719 bits per heavy atom. The van der Waals surface area contributed by atoms with Gasteiger partial charge in [0.05, 0.1) is 14.9 Å². The van der Waals surface area contributed by atoms with Crippen molar-refractivity contribution >= 4 is 56.4 Å². The number of hydrogen-bond acceptors (Lipinski definition) is 5. The van der Waals surface area contributed by atoms with Gasteiger partial charge in [-0.25, -0.2) is 8.42 Å². The molecule has 10 heteroatoms. The van der Waals surface area contributed by atoms with Gasteiger partial charge >= 0.3 is 0 Å². The van der Waals surface area contributed by atoms with E-state index in [0.29, 0.717) is 0 Å². The molecule has 0 aliphatic heterocycles. The Bertz CT molecular complexity index is 1400. The minimum Gasteiger partial charge on any atom is -0.449 e. The third kappa shape index (κ3) is 4.00. The van der Waals surface area contributed by atoms with Crippen LogP contribution in [0.1, 0.15) is 20.7 Å². The summed E-state index contributed by atoms with van der Waals surface area (Å²) < 4.78 is 33.7. The zero-order chi connectivity index (χ0) is 23.0. The number of ketones is 2. The Labute approximate surface area is 198 Å². The van der Waals surface area contributed by atoms with Crippen molar-refractivity contribution in [2.45, 2.75) is 4.90 Å². The van der Waals surface area contributed by atoms with E-state index in [4.69, 9.17) is 39.5 Å². The molecule has 0 fully saturated rings. The second kappa shape index (κ2) is 8.60. The van der Waals surface area contributed by atoms with E-state index in [1.165, 1.54) is 48.5 Å². The number of benzene rings is 3. The SMILES string of the molecule is O=C1C(NS(=O)(=O)c2ccccc2)=C(Oc2ccc(Cl)c(Cl)c2Cl)C(=O)c2ccccc21. The first-order valence-corrected chi connectivity index (χ1v) is 11.6. The van der Waals surface area contributed by atoms with E-state index in [1.54, 1.807) is 18.2 Å². The highest BCUT2D eigenvalue weighted by atomic mass is 35.5. The quantitative estimate of drug-likeness (QED) is 0.473. The number of allylic oxidation sites excluding steroid dienone is 2. The molecule has 3 aromatic carbocycles. The van der Waals surface area contributed by atoms with Crippen molar-refractivity contribution in [3.8, 4) is 5.75 Å². The molecule has 0 spiro atoms. The van der Waals surface area contributed by atoms with Crippen molar-refractivity contribution in [2.75, 3.05) is 0 Å². The van der Waals surface area contributed by atoms with Gasteiger partial charge in [-0.15, -0.1) is 0 Å². The van der Waals surface area contributed by atoms with Crippen molar-refractivity contribution < 1.29 is 22.7 Å². The van der Waals surface area contributed by atoms with Gasteiger partial charge in [0.25, 0.3) is 10.0 Å². The number of Topliss-reactive ketones (excluding diaryl/α,β-unsaturated/α-hetero) is 2. The third-order valence-corrected chi connectivity index (χ3v) is 7.22. The van der Waals surface area contributed by atoms with Crippen LogP contribution in [0.15, 0.2) is 83.1 Å². The molecule has 0 radical (unpaired) electrons. The van der Waals surface area contributed by atoms with Crippen LogP contribution in [-0.4, -0.2) is 20.0 Å². The molecule has 0 heterocycles. The normalized spacial score (nSPS) is 13.7. The van der Waals surface area contributed by atoms with E-state index in [2.05, 4.69) is 4.72 Å². The van der Waals surface area contributed by atoms with E-state index in [1.807, 2.05) is 0 Å². The highest BCUT2D eigenvalue weighted by Gasteiger charge is 2.36. The summed E-state index contributed by atoms with van der Waals surface area (Å²) in [5.74, 6) is -2.04.